The minimum absolute atomic E-state index is 0.332. The molecule has 1 aliphatic heterocycles. The second kappa shape index (κ2) is 8.31. The molecule has 0 fully saturated rings. The number of anilines is 2. The maximum atomic E-state index is 13.2. The molecule has 6 nitrogen and oxygen atoms in total. The third kappa shape index (κ3) is 4.47. The Bertz CT molecular complexity index is 1130. The van der Waals surface area contributed by atoms with Gasteiger partial charge in [-0.15, -0.1) is 0 Å². The van der Waals surface area contributed by atoms with E-state index < -0.39 is 18.1 Å². The number of aryl methyl sites for hydroxylation is 3. The number of rotatable bonds is 4. The molecule has 0 saturated carbocycles. The quantitative estimate of drug-likeness (QED) is 0.570. The lowest BCUT2D eigenvalue weighted by atomic mass is 10.1. The van der Waals surface area contributed by atoms with Gasteiger partial charge in [0.25, 0.3) is 0 Å². The molecule has 1 atom stereocenters. The van der Waals surface area contributed by atoms with Crippen LogP contribution in [-0.2, 0) is 6.18 Å². The molecule has 2 aromatic heterocycles. The Labute approximate surface area is 183 Å². The number of alkyl halides is 3. The minimum atomic E-state index is -4.45. The Morgan fingerprint density at radius 3 is 2.47 bits per heavy atom. The van der Waals surface area contributed by atoms with Crippen LogP contribution in [0.5, 0.6) is 5.75 Å². The van der Waals surface area contributed by atoms with Gasteiger partial charge in [-0.3, -0.25) is 4.98 Å². The van der Waals surface area contributed by atoms with Crippen LogP contribution in [-0.4, -0.2) is 34.6 Å². The van der Waals surface area contributed by atoms with Crippen molar-refractivity contribution in [3.05, 3.63) is 65.0 Å². The van der Waals surface area contributed by atoms with E-state index in [1.807, 2.05) is 26.0 Å². The Morgan fingerprint density at radius 2 is 1.78 bits per heavy atom. The highest BCUT2D eigenvalue weighted by Crippen LogP contribution is 2.38. The molecule has 168 valence electrons. The molecule has 1 unspecified atom stereocenters. The highest BCUT2D eigenvalue weighted by Gasteiger charge is 2.31. The number of aromatic nitrogens is 2. The van der Waals surface area contributed by atoms with Crippen LogP contribution in [0.3, 0.4) is 0 Å². The van der Waals surface area contributed by atoms with E-state index in [1.165, 1.54) is 6.07 Å². The number of halogens is 3. The molecule has 4 rings (SSSR count). The zero-order valence-corrected chi connectivity index (χ0v) is 17.9. The summed E-state index contributed by atoms with van der Waals surface area (Å²) in [5, 5.41) is 13.9. The first-order valence-electron chi connectivity index (χ1n) is 10.1. The summed E-state index contributed by atoms with van der Waals surface area (Å²) in [7, 11) is 0. The number of aliphatic hydroxyl groups excluding tert-OH is 1. The predicted molar refractivity (Wildman–Crippen MR) is 116 cm³/mol. The summed E-state index contributed by atoms with van der Waals surface area (Å²) < 4.78 is 45.3. The van der Waals surface area contributed by atoms with Crippen molar-refractivity contribution in [2.24, 2.45) is 0 Å². The standard InChI is InChI=1S/C23H23F3N4O2/c1-13-9-19(16-5-4-6-17(12-16)23(24,25)26)29-21-20(13)32-8-7-30(21)22(31)28-18-10-14(2)27-15(3)11-18/h4-6,9-12,22,31H,7-8H2,1-3H3,(H,27,28). The van der Waals surface area contributed by atoms with Gasteiger partial charge in [-0.1, -0.05) is 12.1 Å². The maximum Gasteiger partial charge on any atom is 0.416 e. The zero-order valence-electron chi connectivity index (χ0n) is 17.9. The average Bonchev–Trinajstić information content (AvgIpc) is 2.72. The van der Waals surface area contributed by atoms with Gasteiger partial charge in [-0.05, 0) is 56.7 Å². The fourth-order valence-corrected chi connectivity index (χ4v) is 3.75. The molecule has 0 aliphatic carbocycles. The van der Waals surface area contributed by atoms with Gasteiger partial charge >= 0.3 is 6.18 Å². The molecule has 0 amide bonds. The zero-order chi connectivity index (χ0) is 23.0. The molecule has 9 heteroatoms. The maximum absolute atomic E-state index is 13.2. The molecule has 1 aliphatic rings. The van der Waals surface area contributed by atoms with Gasteiger partial charge in [-0.25, -0.2) is 4.98 Å². The van der Waals surface area contributed by atoms with Gasteiger partial charge < -0.3 is 20.1 Å². The van der Waals surface area contributed by atoms with Crippen molar-refractivity contribution < 1.29 is 23.0 Å². The second-order valence-electron chi connectivity index (χ2n) is 7.75. The molecule has 3 heterocycles. The van der Waals surface area contributed by atoms with E-state index >= 15 is 0 Å². The first kappa shape index (κ1) is 21.9. The lowest BCUT2D eigenvalue weighted by Crippen LogP contribution is -2.46. The molecule has 0 bridgehead atoms. The van der Waals surface area contributed by atoms with E-state index in [0.717, 1.165) is 29.1 Å². The van der Waals surface area contributed by atoms with Crippen LogP contribution in [0.25, 0.3) is 11.3 Å². The molecular formula is C23H23F3N4O2. The van der Waals surface area contributed by atoms with Crippen LogP contribution in [0.1, 0.15) is 22.5 Å². The van der Waals surface area contributed by atoms with Gasteiger partial charge in [0.15, 0.2) is 11.6 Å². The molecule has 3 aromatic rings. The summed E-state index contributed by atoms with van der Waals surface area (Å²) >= 11 is 0. The van der Waals surface area contributed by atoms with E-state index in [-0.39, 0.29) is 0 Å². The smallest absolute Gasteiger partial charge is 0.416 e. The SMILES string of the molecule is Cc1cc(NC(O)N2CCOc3c(C)cc(-c4cccc(C(F)(F)F)c4)nc32)cc(C)n1. The van der Waals surface area contributed by atoms with E-state index in [2.05, 4.69) is 15.3 Å². The topological polar surface area (TPSA) is 70.5 Å². The number of nitrogens with one attached hydrogen (secondary N) is 1. The summed E-state index contributed by atoms with van der Waals surface area (Å²) in [4.78, 5) is 10.5. The van der Waals surface area contributed by atoms with Gasteiger partial charge in [0, 0.05) is 22.6 Å². The highest BCUT2D eigenvalue weighted by molar-refractivity contribution is 5.69. The predicted octanol–water partition coefficient (Wildman–Crippen LogP) is 4.67. The first-order valence-corrected chi connectivity index (χ1v) is 10.1. The summed E-state index contributed by atoms with van der Waals surface area (Å²) in [5.74, 6) is 0.862. The first-order chi connectivity index (χ1) is 15.1. The van der Waals surface area contributed by atoms with Crippen LogP contribution in [0.2, 0.25) is 0 Å². The second-order valence-corrected chi connectivity index (χ2v) is 7.75. The van der Waals surface area contributed by atoms with Gasteiger partial charge in [0.05, 0.1) is 17.8 Å². The normalized spacial score (nSPS) is 14.5. The number of aliphatic hydroxyl groups is 1. The van der Waals surface area contributed by atoms with Crippen LogP contribution in [0.4, 0.5) is 24.7 Å². The largest absolute Gasteiger partial charge is 0.488 e. The number of hydrogen-bond donors (Lipinski definition) is 2. The Hall–Kier alpha value is -3.33. The van der Waals surface area contributed by atoms with Crippen LogP contribution in [0.15, 0.2) is 42.5 Å². The van der Waals surface area contributed by atoms with Gasteiger partial charge in [0.1, 0.15) is 6.61 Å². The highest BCUT2D eigenvalue weighted by atomic mass is 19.4. The number of fused-ring (bicyclic) bond motifs is 1. The van der Waals surface area contributed by atoms with Crippen molar-refractivity contribution in [1.29, 1.82) is 0 Å². The van der Waals surface area contributed by atoms with Crippen molar-refractivity contribution in [2.45, 2.75) is 33.3 Å². The monoisotopic (exact) mass is 444 g/mol. The third-order valence-corrected chi connectivity index (χ3v) is 5.15. The number of pyridine rings is 2. The van der Waals surface area contributed by atoms with Crippen LogP contribution >= 0.6 is 0 Å². The lowest BCUT2D eigenvalue weighted by Gasteiger charge is -2.35. The Morgan fingerprint density at radius 1 is 1.06 bits per heavy atom. The molecule has 32 heavy (non-hydrogen) atoms. The molecule has 0 radical (unpaired) electrons. The number of hydrogen-bond acceptors (Lipinski definition) is 6. The van der Waals surface area contributed by atoms with Crippen molar-refractivity contribution in [1.82, 2.24) is 9.97 Å². The van der Waals surface area contributed by atoms with E-state index in [9.17, 15) is 18.3 Å². The Kier molecular flexibility index (Phi) is 5.68. The molecule has 1 aromatic carbocycles. The fourth-order valence-electron chi connectivity index (χ4n) is 3.75. The number of benzene rings is 1. The van der Waals surface area contributed by atoms with Crippen molar-refractivity contribution in [3.8, 4) is 17.0 Å². The van der Waals surface area contributed by atoms with Crippen molar-refractivity contribution in [2.75, 3.05) is 23.4 Å². The van der Waals surface area contributed by atoms with Crippen molar-refractivity contribution >= 4 is 11.5 Å². The molecule has 0 spiro atoms. The number of ether oxygens (including phenoxy) is 1. The van der Waals surface area contributed by atoms with Crippen LogP contribution in [0, 0.1) is 20.8 Å². The van der Waals surface area contributed by atoms with E-state index in [1.54, 1.807) is 24.0 Å². The average molecular weight is 444 g/mol. The van der Waals surface area contributed by atoms with E-state index in [0.29, 0.717) is 41.7 Å². The van der Waals surface area contributed by atoms with E-state index in [4.69, 9.17) is 4.74 Å². The van der Waals surface area contributed by atoms with Crippen molar-refractivity contribution in [3.63, 3.8) is 0 Å². The van der Waals surface area contributed by atoms with Gasteiger partial charge in [0.2, 0.25) is 6.35 Å². The van der Waals surface area contributed by atoms with Gasteiger partial charge in [-0.2, -0.15) is 13.2 Å². The molecular weight excluding hydrogens is 421 g/mol. The molecule has 2 N–H and O–H groups in total. The third-order valence-electron chi connectivity index (χ3n) is 5.15. The summed E-state index contributed by atoms with van der Waals surface area (Å²) in [6.07, 6.45) is -5.57. The summed E-state index contributed by atoms with van der Waals surface area (Å²) in [6.45, 7) is 6.21. The fraction of sp³-hybridized carbons (Fsp3) is 0.304. The Balaban J connectivity index is 1.70. The molecule has 0 saturated heterocycles. The number of nitrogens with zero attached hydrogens (tertiary/aromatic N) is 3. The minimum Gasteiger partial charge on any atom is -0.488 e. The summed E-state index contributed by atoms with van der Waals surface area (Å²) in [6, 6.07) is 10.3. The van der Waals surface area contributed by atoms with Crippen LogP contribution < -0.4 is 15.0 Å². The summed E-state index contributed by atoms with van der Waals surface area (Å²) in [5.41, 5.74) is 2.98. The lowest BCUT2D eigenvalue weighted by molar-refractivity contribution is -0.137.